The molecule has 0 aromatic rings. The molecule has 112 valence electrons. The van der Waals surface area contributed by atoms with Crippen LogP contribution in [0.15, 0.2) is 0 Å². The quantitative estimate of drug-likeness (QED) is 0.682. The number of amides is 1. The van der Waals surface area contributed by atoms with E-state index in [1.807, 2.05) is 6.92 Å². The number of carboxylic acid groups (broad SMARTS) is 1. The highest BCUT2D eigenvalue weighted by Gasteiger charge is 2.34. The summed E-state index contributed by atoms with van der Waals surface area (Å²) in [5, 5.41) is 7.52. The van der Waals surface area contributed by atoms with Gasteiger partial charge in [0.25, 0.3) is 0 Å². The molecule has 0 aromatic carbocycles. The summed E-state index contributed by atoms with van der Waals surface area (Å²) in [6.45, 7) is 6.18. The Morgan fingerprint density at radius 3 is 2.05 bits per heavy atom. The summed E-state index contributed by atoms with van der Waals surface area (Å²) >= 11 is 0. The van der Waals surface area contributed by atoms with Gasteiger partial charge in [0.2, 0.25) is 5.91 Å². The number of aliphatic carboxylic acids is 1. The summed E-state index contributed by atoms with van der Waals surface area (Å²) in [4.78, 5) is 24.2. The van der Waals surface area contributed by atoms with Crippen LogP contribution in [-0.4, -0.2) is 54.4 Å². The Balaban J connectivity index is 4.92. The molecule has 1 amide bonds. The molecule has 0 saturated carbocycles. The Morgan fingerprint density at radius 1 is 1.16 bits per heavy atom. The van der Waals surface area contributed by atoms with Crippen LogP contribution in [0.1, 0.15) is 40.0 Å². The van der Waals surface area contributed by atoms with Gasteiger partial charge in [0, 0.05) is 13.1 Å². The van der Waals surface area contributed by atoms with Gasteiger partial charge < -0.3 is 10.0 Å². The lowest BCUT2D eigenvalue weighted by molar-refractivity contribution is -0.136. The first-order valence-electron chi connectivity index (χ1n) is 6.52. The maximum Gasteiger partial charge on any atom is 0.321 e. The van der Waals surface area contributed by atoms with Gasteiger partial charge in [0.1, 0.15) is 5.75 Å². The van der Waals surface area contributed by atoms with Crippen molar-refractivity contribution in [2.24, 2.45) is 0 Å². The van der Waals surface area contributed by atoms with E-state index in [2.05, 4.69) is 0 Å². The van der Waals surface area contributed by atoms with E-state index in [1.165, 1.54) is 4.90 Å². The van der Waals surface area contributed by atoms with Crippen LogP contribution in [0.2, 0.25) is 0 Å². The third kappa shape index (κ3) is 5.59. The zero-order valence-electron chi connectivity index (χ0n) is 11.8. The predicted octanol–water partition coefficient (Wildman–Crippen LogP) is 0.913. The number of carbonyl (C=O) groups excluding carboxylic acids is 1. The van der Waals surface area contributed by atoms with Crippen LogP contribution in [0.25, 0.3) is 0 Å². The lowest BCUT2D eigenvalue weighted by Crippen LogP contribution is -2.40. The van der Waals surface area contributed by atoms with Gasteiger partial charge >= 0.3 is 5.97 Å². The fourth-order valence-electron chi connectivity index (χ4n) is 1.79. The molecule has 0 rings (SSSR count). The number of carboxylic acids is 1. The molecule has 0 aliphatic heterocycles. The van der Waals surface area contributed by atoms with E-state index in [0.717, 1.165) is 0 Å². The van der Waals surface area contributed by atoms with Gasteiger partial charge in [-0.2, -0.15) is 0 Å². The Labute approximate surface area is 114 Å². The highest BCUT2D eigenvalue weighted by Crippen LogP contribution is 2.13. The smallest absolute Gasteiger partial charge is 0.321 e. The van der Waals surface area contributed by atoms with Crippen molar-refractivity contribution in [3.8, 4) is 0 Å². The standard InChI is InChI=1S/C12H23NO5S/c1-4-7-8-10(12(15)16)19(17,18)9-11(14)13(5-2)6-3/h10H,4-9H2,1-3H3,(H,15,16). The lowest BCUT2D eigenvalue weighted by atomic mass is 10.2. The highest BCUT2D eigenvalue weighted by molar-refractivity contribution is 7.93. The fourth-order valence-corrected chi connectivity index (χ4v) is 3.35. The summed E-state index contributed by atoms with van der Waals surface area (Å²) in [6.07, 6.45) is 1.28. The third-order valence-corrected chi connectivity index (χ3v) is 4.92. The normalized spacial score (nSPS) is 13.0. The lowest BCUT2D eigenvalue weighted by Gasteiger charge is -2.20. The molecule has 1 unspecified atom stereocenters. The molecular weight excluding hydrogens is 270 g/mol. The van der Waals surface area contributed by atoms with Crippen molar-refractivity contribution in [3.63, 3.8) is 0 Å². The first-order valence-corrected chi connectivity index (χ1v) is 8.23. The maximum atomic E-state index is 12.0. The second kappa shape index (κ2) is 8.14. The number of hydrogen-bond donors (Lipinski definition) is 1. The first kappa shape index (κ1) is 17.9. The van der Waals surface area contributed by atoms with Gasteiger partial charge in [-0.25, -0.2) is 8.42 Å². The zero-order valence-corrected chi connectivity index (χ0v) is 12.6. The number of sulfone groups is 1. The molecule has 0 bridgehead atoms. The molecule has 1 atom stereocenters. The number of unbranched alkanes of at least 4 members (excludes halogenated alkanes) is 1. The summed E-state index contributed by atoms with van der Waals surface area (Å²) in [5.41, 5.74) is 0. The molecule has 0 radical (unpaired) electrons. The molecule has 0 aliphatic rings. The minimum atomic E-state index is -3.95. The van der Waals surface area contributed by atoms with Gasteiger partial charge in [-0.15, -0.1) is 0 Å². The van der Waals surface area contributed by atoms with E-state index in [0.29, 0.717) is 25.9 Å². The Hall–Kier alpha value is -1.11. The van der Waals surface area contributed by atoms with Crippen molar-refractivity contribution >= 4 is 21.7 Å². The summed E-state index contributed by atoms with van der Waals surface area (Å²) in [5.74, 6) is -2.64. The van der Waals surface area contributed by atoms with Crippen LogP contribution in [-0.2, 0) is 19.4 Å². The topological polar surface area (TPSA) is 91.7 Å². The molecule has 1 N–H and O–H groups in total. The van der Waals surface area contributed by atoms with Gasteiger partial charge in [-0.1, -0.05) is 19.8 Å². The van der Waals surface area contributed by atoms with E-state index in [9.17, 15) is 18.0 Å². The fraction of sp³-hybridized carbons (Fsp3) is 0.833. The van der Waals surface area contributed by atoms with E-state index in [1.54, 1.807) is 13.8 Å². The molecule has 0 spiro atoms. The van der Waals surface area contributed by atoms with Crippen LogP contribution in [0, 0.1) is 0 Å². The van der Waals surface area contributed by atoms with Gasteiger partial charge in [-0.05, 0) is 20.3 Å². The first-order chi connectivity index (χ1) is 8.80. The van der Waals surface area contributed by atoms with Crippen molar-refractivity contribution in [3.05, 3.63) is 0 Å². The summed E-state index contributed by atoms with van der Waals surface area (Å²) < 4.78 is 24.0. The molecular formula is C12H23NO5S. The number of hydrogen-bond acceptors (Lipinski definition) is 4. The van der Waals surface area contributed by atoms with Crippen molar-refractivity contribution < 1.29 is 23.1 Å². The van der Waals surface area contributed by atoms with E-state index < -0.39 is 32.7 Å². The highest BCUT2D eigenvalue weighted by atomic mass is 32.2. The average molecular weight is 293 g/mol. The molecule has 19 heavy (non-hydrogen) atoms. The monoisotopic (exact) mass is 293 g/mol. The van der Waals surface area contributed by atoms with Crippen LogP contribution in [0.5, 0.6) is 0 Å². The molecule has 6 nitrogen and oxygen atoms in total. The van der Waals surface area contributed by atoms with Crippen LogP contribution >= 0.6 is 0 Å². The van der Waals surface area contributed by atoms with Gasteiger partial charge in [-0.3, -0.25) is 9.59 Å². The summed E-state index contributed by atoms with van der Waals surface area (Å²) in [7, 11) is -3.95. The second-order valence-electron chi connectivity index (χ2n) is 4.34. The van der Waals surface area contributed by atoms with Crippen LogP contribution in [0.4, 0.5) is 0 Å². The minimum absolute atomic E-state index is 0.0553. The zero-order chi connectivity index (χ0) is 15.1. The minimum Gasteiger partial charge on any atom is -0.480 e. The third-order valence-electron chi connectivity index (χ3n) is 2.97. The van der Waals surface area contributed by atoms with E-state index in [4.69, 9.17) is 5.11 Å². The number of carbonyl (C=O) groups is 2. The molecule has 0 aliphatic carbocycles. The molecule has 0 aromatic heterocycles. The molecule has 7 heteroatoms. The largest absolute Gasteiger partial charge is 0.480 e. The maximum absolute atomic E-state index is 12.0. The van der Waals surface area contributed by atoms with Crippen molar-refractivity contribution in [1.82, 2.24) is 4.90 Å². The second-order valence-corrected chi connectivity index (χ2v) is 6.53. The molecule has 0 fully saturated rings. The molecule has 0 heterocycles. The van der Waals surface area contributed by atoms with Crippen molar-refractivity contribution in [2.75, 3.05) is 18.8 Å². The predicted molar refractivity (Wildman–Crippen MR) is 72.7 cm³/mol. The molecule has 0 saturated heterocycles. The average Bonchev–Trinajstić information content (AvgIpc) is 2.29. The van der Waals surface area contributed by atoms with Crippen molar-refractivity contribution in [2.45, 2.75) is 45.3 Å². The van der Waals surface area contributed by atoms with Gasteiger partial charge in [0.05, 0.1) is 0 Å². The Morgan fingerprint density at radius 2 is 1.68 bits per heavy atom. The van der Waals surface area contributed by atoms with E-state index in [-0.39, 0.29) is 6.42 Å². The Kier molecular flexibility index (Phi) is 7.66. The van der Waals surface area contributed by atoms with Crippen LogP contribution in [0.3, 0.4) is 0 Å². The van der Waals surface area contributed by atoms with Crippen molar-refractivity contribution in [1.29, 1.82) is 0 Å². The number of nitrogens with zero attached hydrogens (tertiary/aromatic N) is 1. The van der Waals surface area contributed by atoms with Gasteiger partial charge in [0.15, 0.2) is 15.1 Å². The SMILES string of the molecule is CCCCC(C(=O)O)S(=O)(=O)CC(=O)N(CC)CC. The van der Waals surface area contributed by atoms with Crippen LogP contribution < -0.4 is 0 Å². The summed E-state index contributed by atoms with van der Waals surface area (Å²) in [6, 6.07) is 0. The number of rotatable bonds is 9. The van der Waals surface area contributed by atoms with E-state index >= 15 is 0 Å². The Bertz CT molecular complexity index is 400.